The minimum Gasteiger partial charge on any atom is -0.369 e. The number of primary amides is 1. The molecule has 2 aliphatic heterocycles. The summed E-state index contributed by atoms with van der Waals surface area (Å²) in [4.78, 5) is 32.0. The maximum atomic E-state index is 13.2. The van der Waals surface area contributed by atoms with Crippen LogP contribution in [-0.2, 0) is 9.59 Å². The van der Waals surface area contributed by atoms with E-state index in [-0.39, 0.29) is 11.3 Å². The third-order valence-electron chi connectivity index (χ3n) is 7.18. The molecule has 1 aromatic carbocycles. The summed E-state index contributed by atoms with van der Waals surface area (Å²) in [7, 11) is 0. The predicted molar refractivity (Wildman–Crippen MR) is 117 cm³/mol. The van der Waals surface area contributed by atoms with Crippen molar-refractivity contribution >= 4 is 23.2 Å². The molecule has 3 N–H and O–H groups in total. The van der Waals surface area contributed by atoms with Crippen LogP contribution in [0.1, 0.15) is 43.0 Å². The van der Waals surface area contributed by atoms with Gasteiger partial charge in [-0.05, 0) is 37.5 Å². The van der Waals surface area contributed by atoms with Gasteiger partial charge in [0.05, 0.1) is 16.6 Å². The maximum absolute atomic E-state index is 13.2. The van der Waals surface area contributed by atoms with E-state index in [9.17, 15) is 14.8 Å². The third kappa shape index (κ3) is 4.00. The molecule has 8 heteroatoms. The number of hydrogen-bond donors (Lipinski definition) is 2. The molecule has 164 valence electrons. The summed E-state index contributed by atoms with van der Waals surface area (Å²) < 4.78 is 0. The molecule has 1 aliphatic carbocycles. The SMILES string of the molecule is NC(=O)C1CC2(CC2)CN(O)C1C(=O)N1CCC(c2nc(-c3ccccc3)cs2)CC1. The Balaban J connectivity index is 1.23. The van der Waals surface area contributed by atoms with Gasteiger partial charge in [-0.3, -0.25) is 9.59 Å². The number of hydroxylamine groups is 2. The van der Waals surface area contributed by atoms with Crippen LogP contribution in [0.2, 0.25) is 0 Å². The number of likely N-dealkylation sites (tertiary alicyclic amines) is 1. The quantitative estimate of drug-likeness (QED) is 0.762. The standard InChI is InChI=1S/C23H28N4O3S/c24-20(28)17-12-23(8-9-23)14-27(30)19(17)22(29)26-10-6-16(7-11-26)21-25-18(13-31-21)15-4-2-1-3-5-15/h1-5,13,16-17,19,30H,6-12,14H2,(H2,24,28). The average Bonchev–Trinajstić information content (AvgIpc) is 3.33. The molecule has 2 atom stereocenters. The molecule has 1 aromatic heterocycles. The largest absolute Gasteiger partial charge is 0.369 e. The monoisotopic (exact) mass is 440 g/mol. The highest BCUT2D eigenvalue weighted by Gasteiger charge is 2.55. The van der Waals surface area contributed by atoms with Crippen molar-refractivity contribution in [1.82, 2.24) is 14.9 Å². The van der Waals surface area contributed by atoms with Crippen molar-refractivity contribution in [3.8, 4) is 11.3 Å². The minimum absolute atomic E-state index is 0.0283. The first-order valence-electron chi connectivity index (χ1n) is 11.0. The molecule has 2 unspecified atom stereocenters. The summed E-state index contributed by atoms with van der Waals surface area (Å²) >= 11 is 1.68. The van der Waals surface area contributed by atoms with E-state index < -0.39 is 17.9 Å². The van der Waals surface area contributed by atoms with Gasteiger partial charge >= 0.3 is 0 Å². The molecule has 2 saturated heterocycles. The predicted octanol–water partition coefficient (Wildman–Crippen LogP) is 2.86. The molecule has 1 spiro atoms. The summed E-state index contributed by atoms with van der Waals surface area (Å²) in [5, 5.41) is 14.9. The van der Waals surface area contributed by atoms with Crippen LogP contribution in [0.4, 0.5) is 0 Å². The first-order chi connectivity index (χ1) is 15.0. The molecular weight excluding hydrogens is 412 g/mol. The van der Waals surface area contributed by atoms with Gasteiger partial charge in [0.25, 0.3) is 0 Å². The minimum atomic E-state index is -0.857. The highest BCUT2D eigenvalue weighted by molar-refractivity contribution is 7.10. The number of carbonyl (C=O) groups is 2. The molecule has 31 heavy (non-hydrogen) atoms. The van der Waals surface area contributed by atoms with E-state index in [0.29, 0.717) is 32.0 Å². The Morgan fingerprint density at radius 2 is 1.87 bits per heavy atom. The molecular formula is C23H28N4O3S. The van der Waals surface area contributed by atoms with Crippen molar-refractivity contribution in [2.75, 3.05) is 19.6 Å². The molecule has 0 bridgehead atoms. The molecule has 3 aliphatic rings. The third-order valence-corrected chi connectivity index (χ3v) is 8.18. The lowest BCUT2D eigenvalue weighted by molar-refractivity contribution is -0.193. The Kier molecular flexibility index (Phi) is 5.32. The van der Waals surface area contributed by atoms with Crippen molar-refractivity contribution in [3.05, 3.63) is 40.7 Å². The van der Waals surface area contributed by atoms with E-state index in [4.69, 9.17) is 10.7 Å². The zero-order valence-electron chi connectivity index (χ0n) is 17.4. The lowest BCUT2D eigenvalue weighted by Crippen LogP contribution is -2.59. The zero-order chi connectivity index (χ0) is 21.6. The lowest BCUT2D eigenvalue weighted by Gasteiger charge is -2.42. The number of rotatable bonds is 4. The molecule has 5 rings (SSSR count). The topological polar surface area (TPSA) is 99.8 Å². The molecule has 2 aromatic rings. The van der Waals surface area contributed by atoms with Gasteiger partial charge in [-0.15, -0.1) is 11.3 Å². The lowest BCUT2D eigenvalue weighted by atomic mass is 9.80. The van der Waals surface area contributed by atoms with E-state index in [1.807, 2.05) is 18.2 Å². The molecule has 1 saturated carbocycles. The van der Waals surface area contributed by atoms with Crippen molar-refractivity contribution in [1.29, 1.82) is 0 Å². The summed E-state index contributed by atoms with van der Waals surface area (Å²) in [5.74, 6) is -0.970. The maximum Gasteiger partial charge on any atom is 0.243 e. The highest BCUT2D eigenvalue weighted by Crippen LogP contribution is 2.54. The van der Waals surface area contributed by atoms with Crippen molar-refractivity contribution in [3.63, 3.8) is 0 Å². The number of thiazole rings is 1. The van der Waals surface area contributed by atoms with Crippen LogP contribution in [0.5, 0.6) is 0 Å². The van der Waals surface area contributed by atoms with Crippen LogP contribution in [0.15, 0.2) is 35.7 Å². The molecule has 2 amide bonds. The van der Waals surface area contributed by atoms with Gasteiger partial charge in [0.15, 0.2) is 0 Å². The molecule has 3 fully saturated rings. The van der Waals surface area contributed by atoms with Gasteiger partial charge in [0.2, 0.25) is 11.8 Å². The number of benzene rings is 1. The Bertz CT molecular complexity index is 966. The highest BCUT2D eigenvalue weighted by atomic mass is 32.1. The van der Waals surface area contributed by atoms with Crippen molar-refractivity contribution in [2.45, 2.75) is 44.1 Å². The Morgan fingerprint density at radius 1 is 1.16 bits per heavy atom. The van der Waals surface area contributed by atoms with Gasteiger partial charge < -0.3 is 15.8 Å². The first kappa shape index (κ1) is 20.6. The number of nitrogens with zero attached hydrogens (tertiary/aromatic N) is 3. The van der Waals surface area contributed by atoms with Crippen LogP contribution in [0.25, 0.3) is 11.3 Å². The van der Waals surface area contributed by atoms with E-state index in [0.717, 1.165) is 47.0 Å². The van der Waals surface area contributed by atoms with Gasteiger partial charge in [-0.1, -0.05) is 30.3 Å². The van der Waals surface area contributed by atoms with Gasteiger partial charge in [0, 0.05) is 36.5 Å². The van der Waals surface area contributed by atoms with Gasteiger partial charge in [-0.2, -0.15) is 5.06 Å². The Hall–Kier alpha value is -2.29. The van der Waals surface area contributed by atoms with Crippen LogP contribution >= 0.6 is 11.3 Å². The summed E-state index contributed by atoms with van der Waals surface area (Å²) in [6.45, 7) is 1.65. The summed E-state index contributed by atoms with van der Waals surface area (Å²) in [6, 6.07) is 9.29. The number of piperidine rings is 2. The summed E-state index contributed by atoms with van der Waals surface area (Å²) in [5.41, 5.74) is 7.71. The van der Waals surface area contributed by atoms with E-state index in [1.54, 1.807) is 16.2 Å². The summed E-state index contributed by atoms with van der Waals surface area (Å²) in [6.07, 6.45) is 4.24. The van der Waals surface area contributed by atoms with Crippen LogP contribution < -0.4 is 5.73 Å². The fraction of sp³-hybridized carbons (Fsp3) is 0.522. The number of aromatic nitrogens is 1. The van der Waals surface area contributed by atoms with E-state index in [1.165, 1.54) is 0 Å². The Labute approximate surface area is 185 Å². The second-order valence-electron chi connectivity index (χ2n) is 9.29. The zero-order valence-corrected chi connectivity index (χ0v) is 18.3. The second-order valence-corrected chi connectivity index (χ2v) is 10.2. The number of nitrogens with two attached hydrogens (primary N) is 1. The van der Waals surface area contributed by atoms with Crippen LogP contribution in [0.3, 0.4) is 0 Å². The molecule has 0 radical (unpaired) electrons. The van der Waals surface area contributed by atoms with Crippen molar-refractivity contribution in [2.24, 2.45) is 17.1 Å². The second kappa shape index (κ2) is 8.00. The fourth-order valence-electron chi connectivity index (χ4n) is 5.14. The number of amides is 2. The van der Waals surface area contributed by atoms with E-state index >= 15 is 0 Å². The van der Waals surface area contributed by atoms with E-state index in [2.05, 4.69) is 17.5 Å². The van der Waals surface area contributed by atoms with Gasteiger partial charge in [0.1, 0.15) is 6.04 Å². The molecule has 7 nitrogen and oxygen atoms in total. The number of carbonyl (C=O) groups excluding carboxylic acids is 2. The van der Waals surface area contributed by atoms with Crippen LogP contribution in [-0.4, -0.2) is 57.6 Å². The molecule has 3 heterocycles. The first-order valence-corrected chi connectivity index (χ1v) is 11.9. The average molecular weight is 441 g/mol. The number of hydrogen-bond acceptors (Lipinski definition) is 6. The normalized spacial score (nSPS) is 26.2. The Morgan fingerprint density at radius 3 is 2.52 bits per heavy atom. The smallest absolute Gasteiger partial charge is 0.243 e. The fourth-order valence-corrected chi connectivity index (χ4v) is 6.14. The van der Waals surface area contributed by atoms with Gasteiger partial charge in [-0.25, -0.2) is 4.98 Å². The van der Waals surface area contributed by atoms with Crippen molar-refractivity contribution < 1.29 is 14.8 Å². The van der Waals surface area contributed by atoms with Crippen LogP contribution in [0, 0.1) is 11.3 Å².